The number of aromatic nitrogens is 2. The third-order valence-electron chi connectivity index (χ3n) is 2.84. The summed E-state index contributed by atoms with van der Waals surface area (Å²) < 4.78 is 11.0. The molecule has 0 aliphatic carbocycles. The first kappa shape index (κ1) is 14.3. The van der Waals surface area contributed by atoms with Crippen LogP contribution in [0, 0.1) is 13.8 Å². The van der Waals surface area contributed by atoms with Gasteiger partial charge in [0.05, 0.1) is 7.11 Å². The van der Waals surface area contributed by atoms with Crippen molar-refractivity contribution in [1.29, 1.82) is 0 Å². The van der Waals surface area contributed by atoms with E-state index < -0.39 is 0 Å². The Balaban J connectivity index is 2.25. The molecule has 0 aliphatic heterocycles. The first-order chi connectivity index (χ1) is 9.62. The van der Waals surface area contributed by atoms with Gasteiger partial charge in [0.25, 0.3) is 0 Å². The highest BCUT2D eigenvalue weighted by atomic mass is 16.5. The Kier molecular flexibility index (Phi) is 4.53. The molecule has 5 nitrogen and oxygen atoms in total. The van der Waals surface area contributed by atoms with Gasteiger partial charge in [-0.2, -0.15) is 0 Å². The van der Waals surface area contributed by atoms with Crippen LogP contribution in [0.25, 0.3) is 0 Å². The number of rotatable bonds is 5. The van der Waals surface area contributed by atoms with E-state index in [0.717, 1.165) is 29.1 Å². The SMILES string of the molecule is COc1cc(Oc2nc(C)cc(C)n2)ccc1CCN. The van der Waals surface area contributed by atoms with E-state index in [-0.39, 0.29) is 0 Å². The van der Waals surface area contributed by atoms with Crippen LogP contribution < -0.4 is 15.2 Å². The summed E-state index contributed by atoms with van der Waals surface area (Å²) in [7, 11) is 1.63. The number of hydrogen-bond acceptors (Lipinski definition) is 5. The highest BCUT2D eigenvalue weighted by molar-refractivity contribution is 5.41. The largest absolute Gasteiger partial charge is 0.496 e. The third kappa shape index (κ3) is 3.45. The summed E-state index contributed by atoms with van der Waals surface area (Å²) in [4.78, 5) is 8.50. The van der Waals surface area contributed by atoms with Crippen LogP contribution in [0.3, 0.4) is 0 Å². The number of nitrogens with zero attached hydrogens (tertiary/aromatic N) is 2. The molecule has 0 aliphatic rings. The fraction of sp³-hybridized carbons (Fsp3) is 0.333. The van der Waals surface area contributed by atoms with Crippen molar-refractivity contribution in [3.63, 3.8) is 0 Å². The Morgan fingerprint density at radius 2 is 1.80 bits per heavy atom. The Morgan fingerprint density at radius 1 is 1.10 bits per heavy atom. The van der Waals surface area contributed by atoms with Crippen LogP contribution in [0.5, 0.6) is 17.5 Å². The van der Waals surface area contributed by atoms with Crippen LogP contribution in [0.1, 0.15) is 17.0 Å². The maximum absolute atomic E-state index is 5.68. The monoisotopic (exact) mass is 273 g/mol. The number of aryl methyl sites for hydroxylation is 2. The summed E-state index contributed by atoms with van der Waals surface area (Å²) in [5, 5.41) is 0. The summed E-state index contributed by atoms with van der Waals surface area (Å²) in [5.74, 6) is 1.41. The van der Waals surface area contributed by atoms with Gasteiger partial charge in [-0.3, -0.25) is 0 Å². The lowest BCUT2D eigenvalue weighted by Gasteiger charge is -2.10. The average Bonchev–Trinajstić information content (AvgIpc) is 2.39. The molecule has 20 heavy (non-hydrogen) atoms. The van der Waals surface area contributed by atoms with Gasteiger partial charge in [0.1, 0.15) is 11.5 Å². The fourth-order valence-electron chi connectivity index (χ4n) is 2.00. The van der Waals surface area contributed by atoms with Crippen molar-refractivity contribution in [2.45, 2.75) is 20.3 Å². The predicted octanol–water partition coefficient (Wildman–Crippen LogP) is 2.40. The lowest BCUT2D eigenvalue weighted by atomic mass is 10.1. The third-order valence-corrected chi connectivity index (χ3v) is 2.84. The quantitative estimate of drug-likeness (QED) is 0.905. The van der Waals surface area contributed by atoms with Crippen molar-refractivity contribution in [2.24, 2.45) is 5.73 Å². The zero-order valence-corrected chi connectivity index (χ0v) is 12.0. The molecule has 2 rings (SSSR count). The Labute approximate surface area is 118 Å². The van der Waals surface area contributed by atoms with E-state index in [1.165, 1.54) is 0 Å². The van der Waals surface area contributed by atoms with Crippen molar-refractivity contribution < 1.29 is 9.47 Å². The summed E-state index contributed by atoms with van der Waals surface area (Å²) in [6.07, 6.45) is 0.767. The van der Waals surface area contributed by atoms with Crippen LogP contribution in [-0.4, -0.2) is 23.6 Å². The molecule has 2 N–H and O–H groups in total. The molecule has 0 unspecified atom stereocenters. The van der Waals surface area contributed by atoms with Crippen molar-refractivity contribution in [3.05, 3.63) is 41.2 Å². The van der Waals surface area contributed by atoms with E-state index in [1.54, 1.807) is 7.11 Å². The molecule has 1 aromatic carbocycles. The summed E-state index contributed by atoms with van der Waals surface area (Å²) in [5.41, 5.74) is 8.38. The van der Waals surface area contributed by atoms with Crippen molar-refractivity contribution >= 4 is 0 Å². The molecule has 0 amide bonds. The molecular weight excluding hydrogens is 254 g/mol. The van der Waals surface area contributed by atoms with Crippen LogP contribution in [-0.2, 0) is 6.42 Å². The molecule has 0 atom stereocenters. The lowest BCUT2D eigenvalue weighted by Crippen LogP contribution is -2.04. The summed E-state index contributed by atoms with van der Waals surface area (Å²) >= 11 is 0. The predicted molar refractivity (Wildman–Crippen MR) is 77.3 cm³/mol. The lowest BCUT2D eigenvalue weighted by molar-refractivity contribution is 0.399. The van der Waals surface area contributed by atoms with E-state index in [9.17, 15) is 0 Å². The van der Waals surface area contributed by atoms with E-state index in [4.69, 9.17) is 15.2 Å². The van der Waals surface area contributed by atoms with Crippen molar-refractivity contribution in [1.82, 2.24) is 9.97 Å². The van der Waals surface area contributed by atoms with Crippen LogP contribution in [0.4, 0.5) is 0 Å². The standard InChI is InChI=1S/C15H19N3O2/c1-10-8-11(2)18-15(17-10)20-13-5-4-12(6-7-16)14(9-13)19-3/h4-5,8-9H,6-7,16H2,1-3H3. The van der Waals surface area contributed by atoms with Crippen LogP contribution in [0.15, 0.2) is 24.3 Å². The summed E-state index contributed by atoms with van der Waals surface area (Å²) in [6.45, 7) is 4.40. The molecule has 0 saturated carbocycles. The van der Waals surface area contributed by atoms with Gasteiger partial charge in [0, 0.05) is 17.5 Å². The molecular formula is C15H19N3O2. The summed E-state index contributed by atoms with van der Waals surface area (Å²) in [6, 6.07) is 7.89. The number of ether oxygens (including phenoxy) is 2. The zero-order valence-electron chi connectivity index (χ0n) is 12.0. The number of benzene rings is 1. The normalized spacial score (nSPS) is 10.4. The maximum Gasteiger partial charge on any atom is 0.322 e. The van der Waals surface area contributed by atoms with Gasteiger partial charge >= 0.3 is 6.01 Å². The van der Waals surface area contributed by atoms with Gasteiger partial charge in [0.2, 0.25) is 0 Å². The van der Waals surface area contributed by atoms with Crippen molar-refractivity contribution in [3.8, 4) is 17.5 Å². The van der Waals surface area contributed by atoms with E-state index >= 15 is 0 Å². The van der Waals surface area contributed by atoms with Crippen LogP contribution >= 0.6 is 0 Å². The highest BCUT2D eigenvalue weighted by Gasteiger charge is 2.07. The Hall–Kier alpha value is -2.14. The van der Waals surface area contributed by atoms with Gasteiger partial charge in [0.15, 0.2) is 0 Å². The first-order valence-electron chi connectivity index (χ1n) is 6.49. The second kappa shape index (κ2) is 6.34. The minimum absolute atomic E-state index is 0.344. The molecule has 2 aromatic rings. The van der Waals surface area contributed by atoms with Gasteiger partial charge in [-0.05, 0) is 44.5 Å². The average molecular weight is 273 g/mol. The van der Waals surface area contributed by atoms with Crippen LogP contribution in [0.2, 0.25) is 0 Å². The molecule has 1 heterocycles. The maximum atomic E-state index is 5.68. The number of hydrogen-bond donors (Lipinski definition) is 1. The fourth-order valence-corrected chi connectivity index (χ4v) is 2.00. The zero-order chi connectivity index (χ0) is 14.5. The Morgan fingerprint density at radius 3 is 2.40 bits per heavy atom. The minimum atomic E-state index is 0.344. The first-order valence-corrected chi connectivity index (χ1v) is 6.49. The highest BCUT2D eigenvalue weighted by Crippen LogP contribution is 2.27. The number of methoxy groups -OCH3 is 1. The second-order valence-corrected chi connectivity index (χ2v) is 4.55. The molecule has 0 saturated heterocycles. The van der Waals surface area contributed by atoms with Gasteiger partial charge in [-0.1, -0.05) is 6.07 Å². The van der Waals surface area contributed by atoms with E-state index in [2.05, 4.69) is 9.97 Å². The van der Waals surface area contributed by atoms with Gasteiger partial charge < -0.3 is 15.2 Å². The molecule has 0 spiro atoms. The smallest absolute Gasteiger partial charge is 0.322 e. The van der Waals surface area contributed by atoms with Gasteiger partial charge in [-0.25, -0.2) is 9.97 Å². The number of nitrogens with two attached hydrogens (primary N) is 1. The van der Waals surface area contributed by atoms with E-state index in [1.807, 2.05) is 38.1 Å². The van der Waals surface area contributed by atoms with Crippen molar-refractivity contribution in [2.75, 3.05) is 13.7 Å². The second-order valence-electron chi connectivity index (χ2n) is 4.55. The molecule has 0 fully saturated rings. The molecule has 106 valence electrons. The molecule has 0 radical (unpaired) electrons. The molecule has 0 bridgehead atoms. The topological polar surface area (TPSA) is 70.3 Å². The van der Waals surface area contributed by atoms with Gasteiger partial charge in [-0.15, -0.1) is 0 Å². The minimum Gasteiger partial charge on any atom is -0.496 e. The molecule has 5 heteroatoms. The Bertz CT molecular complexity index is 579. The molecule has 1 aromatic heterocycles. The van der Waals surface area contributed by atoms with E-state index in [0.29, 0.717) is 18.3 Å².